The Morgan fingerprint density at radius 2 is 2.20 bits per heavy atom. The highest BCUT2D eigenvalue weighted by atomic mass is 79.9. The van der Waals surface area contributed by atoms with Crippen molar-refractivity contribution in [3.63, 3.8) is 0 Å². The number of anilines is 1. The van der Waals surface area contributed by atoms with Gasteiger partial charge in [-0.05, 0) is 64.7 Å². The average molecular weight is 340 g/mol. The molecule has 1 aliphatic rings. The number of hydrogen-bond acceptors (Lipinski definition) is 3. The summed E-state index contributed by atoms with van der Waals surface area (Å²) in [4.78, 5) is 4.89. The predicted molar refractivity (Wildman–Crippen MR) is 90.5 cm³/mol. The summed E-state index contributed by atoms with van der Waals surface area (Å²) in [7, 11) is 6.35. The molecular formula is C16H26BrN3. The Balaban J connectivity index is 2.31. The van der Waals surface area contributed by atoms with Crippen molar-refractivity contribution in [1.29, 1.82) is 0 Å². The molecule has 2 atom stereocenters. The van der Waals surface area contributed by atoms with Crippen LogP contribution in [-0.4, -0.2) is 45.2 Å². The minimum Gasteiger partial charge on any atom is -0.367 e. The van der Waals surface area contributed by atoms with Gasteiger partial charge in [0.1, 0.15) is 0 Å². The average Bonchev–Trinajstić information content (AvgIpc) is 2.85. The van der Waals surface area contributed by atoms with Crippen LogP contribution < -0.4 is 10.2 Å². The first-order chi connectivity index (χ1) is 9.52. The predicted octanol–water partition coefficient (Wildman–Crippen LogP) is 3.26. The quantitative estimate of drug-likeness (QED) is 0.888. The van der Waals surface area contributed by atoms with Gasteiger partial charge in [0, 0.05) is 35.3 Å². The number of nitrogens with one attached hydrogen (secondary N) is 1. The normalized spacial score (nSPS) is 20.7. The van der Waals surface area contributed by atoms with Crippen molar-refractivity contribution in [2.45, 2.75) is 31.8 Å². The second-order valence-corrected chi connectivity index (χ2v) is 6.88. The summed E-state index contributed by atoms with van der Waals surface area (Å²) in [6.07, 6.45) is 2.59. The third-order valence-electron chi connectivity index (χ3n) is 4.15. The Bertz CT molecular complexity index is 447. The lowest BCUT2D eigenvalue weighted by Crippen LogP contribution is -2.38. The van der Waals surface area contributed by atoms with Crippen LogP contribution >= 0.6 is 15.9 Å². The van der Waals surface area contributed by atoms with Gasteiger partial charge in [0.15, 0.2) is 0 Å². The summed E-state index contributed by atoms with van der Waals surface area (Å²) in [5.74, 6) is 0. The van der Waals surface area contributed by atoms with Crippen molar-refractivity contribution in [1.82, 2.24) is 10.2 Å². The second-order valence-electron chi connectivity index (χ2n) is 5.97. The molecule has 0 bridgehead atoms. The van der Waals surface area contributed by atoms with E-state index in [0.717, 1.165) is 11.0 Å². The van der Waals surface area contributed by atoms with Crippen LogP contribution in [0.25, 0.3) is 0 Å². The summed E-state index contributed by atoms with van der Waals surface area (Å²) in [6, 6.07) is 7.67. The molecule has 0 saturated carbocycles. The molecule has 3 nitrogen and oxygen atoms in total. The fourth-order valence-corrected chi connectivity index (χ4v) is 3.43. The molecule has 1 heterocycles. The van der Waals surface area contributed by atoms with Crippen LogP contribution in [-0.2, 0) is 0 Å². The Morgan fingerprint density at radius 1 is 1.45 bits per heavy atom. The van der Waals surface area contributed by atoms with Gasteiger partial charge >= 0.3 is 0 Å². The molecule has 112 valence electrons. The minimum absolute atomic E-state index is 0.364. The van der Waals surface area contributed by atoms with Gasteiger partial charge in [0.2, 0.25) is 0 Å². The van der Waals surface area contributed by atoms with Gasteiger partial charge in [-0.1, -0.05) is 15.9 Å². The molecular weight excluding hydrogens is 314 g/mol. The summed E-state index contributed by atoms with van der Waals surface area (Å²) in [5, 5.41) is 3.37. The molecule has 4 heteroatoms. The third kappa shape index (κ3) is 3.54. The van der Waals surface area contributed by atoms with E-state index in [1.807, 2.05) is 7.05 Å². The van der Waals surface area contributed by atoms with Crippen LogP contribution in [0.5, 0.6) is 0 Å². The van der Waals surface area contributed by atoms with E-state index in [-0.39, 0.29) is 0 Å². The van der Waals surface area contributed by atoms with Crippen LogP contribution in [0.3, 0.4) is 0 Å². The Hall–Kier alpha value is -0.580. The van der Waals surface area contributed by atoms with Gasteiger partial charge in [-0.3, -0.25) is 0 Å². The molecule has 2 rings (SSSR count). The lowest BCUT2D eigenvalue weighted by atomic mass is 10.0. The standard InChI is InChI=1S/C16H26BrN3/c1-12(18-2)15-10-13(17)7-8-16(15)20-9-5-6-14(20)11-19(3)4/h7-8,10,12,14,18H,5-6,9,11H2,1-4H3. The highest BCUT2D eigenvalue weighted by Gasteiger charge is 2.27. The van der Waals surface area contributed by atoms with E-state index in [9.17, 15) is 0 Å². The first-order valence-electron chi connectivity index (χ1n) is 7.41. The first kappa shape index (κ1) is 15.8. The zero-order valence-corrected chi connectivity index (χ0v) is 14.6. The molecule has 1 aliphatic heterocycles. The number of rotatable bonds is 5. The number of likely N-dealkylation sites (N-methyl/N-ethyl adjacent to an activating group) is 1. The van der Waals surface area contributed by atoms with Crippen LogP contribution in [0.1, 0.15) is 31.4 Å². The zero-order chi connectivity index (χ0) is 14.7. The number of nitrogens with zero attached hydrogens (tertiary/aromatic N) is 2. The highest BCUT2D eigenvalue weighted by Crippen LogP contribution is 2.34. The van der Waals surface area contributed by atoms with Gasteiger partial charge in [0.25, 0.3) is 0 Å². The summed E-state index contributed by atoms with van der Waals surface area (Å²) < 4.78 is 1.15. The smallest absolute Gasteiger partial charge is 0.0418 e. The Kier molecular flexibility index (Phi) is 5.47. The maximum absolute atomic E-state index is 3.60. The van der Waals surface area contributed by atoms with Gasteiger partial charge in [0.05, 0.1) is 0 Å². The fraction of sp³-hybridized carbons (Fsp3) is 0.625. The molecule has 0 radical (unpaired) electrons. The molecule has 1 N–H and O–H groups in total. The van der Waals surface area contributed by atoms with Crippen molar-refractivity contribution >= 4 is 21.6 Å². The molecule has 1 saturated heterocycles. The van der Waals surface area contributed by atoms with Crippen molar-refractivity contribution < 1.29 is 0 Å². The maximum Gasteiger partial charge on any atom is 0.0418 e. The van der Waals surface area contributed by atoms with Gasteiger partial charge in [-0.25, -0.2) is 0 Å². The molecule has 0 spiro atoms. The van der Waals surface area contributed by atoms with Crippen LogP contribution in [0.15, 0.2) is 22.7 Å². The van der Waals surface area contributed by atoms with E-state index in [4.69, 9.17) is 0 Å². The van der Waals surface area contributed by atoms with E-state index in [0.29, 0.717) is 12.1 Å². The van der Waals surface area contributed by atoms with Crippen LogP contribution in [0.2, 0.25) is 0 Å². The number of hydrogen-bond donors (Lipinski definition) is 1. The van der Waals surface area contributed by atoms with E-state index >= 15 is 0 Å². The second kappa shape index (κ2) is 6.92. The fourth-order valence-electron chi connectivity index (χ4n) is 3.05. The summed E-state index contributed by atoms with van der Waals surface area (Å²) in [6.45, 7) is 4.52. The SMILES string of the molecule is CNC(C)c1cc(Br)ccc1N1CCCC1CN(C)C. The van der Waals surface area contributed by atoms with Gasteiger partial charge in [-0.2, -0.15) is 0 Å². The molecule has 2 unspecified atom stereocenters. The Labute approximate surface area is 131 Å². The largest absolute Gasteiger partial charge is 0.367 e. The van der Waals surface area contributed by atoms with Crippen molar-refractivity contribution in [2.75, 3.05) is 39.1 Å². The van der Waals surface area contributed by atoms with Crippen LogP contribution in [0.4, 0.5) is 5.69 Å². The maximum atomic E-state index is 3.60. The monoisotopic (exact) mass is 339 g/mol. The molecule has 0 amide bonds. The molecule has 20 heavy (non-hydrogen) atoms. The van der Waals surface area contributed by atoms with Crippen molar-refractivity contribution in [3.05, 3.63) is 28.2 Å². The van der Waals surface area contributed by atoms with Crippen molar-refractivity contribution in [2.24, 2.45) is 0 Å². The number of benzene rings is 1. The molecule has 1 fully saturated rings. The molecule has 0 aromatic heterocycles. The zero-order valence-electron chi connectivity index (χ0n) is 13.0. The topological polar surface area (TPSA) is 18.5 Å². The summed E-state index contributed by atoms with van der Waals surface area (Å²) >= 11 is 3.60. The lowest BCUT2D eigenvalue weighted by Gasteiger charge is -2.32. The van der Waals surface area contributed by atoms with Gasteiger partial charge < -0.3 is 15.1 Å². The van der Waals surface area contributed by atoms with Crippen molar-refractivity contribution in [3.8, 4) is 0 Å². The molecule has 1 aromatic carbocycles. The van der Waals surface area contributed by atoms with Gasteiger partial charge in [-0.15, -0.1) is 0 Å². The number of halogens is 1. The lowest BCUT2D eigenvalue weighted by molar-refractivity contribution is 0.372. The Morgan fingerprint density at radius 3 is 2.85 bits per heavy atom. The first-order valence-corrected chi connectivity index (χ1v) is 8.20. The van der Waals surface area contributed by atoms with E-state index in [2.05, 4.69) is 70.3 Å². The van der Waals surface area contributed by atoms with Crippen LogP contribution in [0, 0.1) is 0 Å². The molecule has 1 aromatic rings. The van der Waals surface area contributed by atoms with E-state index in [1.165, 1.54) is 30.6 Å². The third-order valence-corrected chi connectivity index (χ3v) is 4.64. The highest BCUT2D eigenvalue weighted by molar-refractivity contribution is 9.10. The van der Waals surface area contributed by atoms with E-state index in [1.54, 1.807) is 0 Å². The summed E-state index contributed by atoms with van der Waals surface area (Å²) in [5.41, 5.74) is 2.77. The minimum atomic E-state index is 0.364. The molecule has 0 aliphatic carbocycles. The van der Waals surface area contributed by atoms with E-state index < -0.39 is 0 Å².